The second-order valence-electron chi connectivity index (χ2n) is 6.64. The predicted molar refractivity (Wildman–Crippen MR) is 98.8 cm³/mol. The van der Waals surface area contributed by atoms with Crippen molar-refractivity contribution in [3.05, 3.63) is 54.1 Å². The molecule has 0 aliphatic rings. The van der Waals surface area contributed by atoms with Gasteiger partial charge in [0.05, 0.1) is 5.52 Å². The molecule has 0 saturated heterocycles. The lowest BCUT2D eigenvalue weighted by Gasteiger charge is -2.03. The van der Waals surface area contributed by atoms with Crippen LogP contribution in [0.15, 0.2) is 48.5 Å². The summed E-state index contributed by atoms with van der Waals surface area (Å²) in [6, 6.07) is 15.2. The summed E-state index contributed by atoms with van der Waals surface area (Å²) in [5.41, 5.74) is 6.33. The zero-order chi connectivity index (χ0) is 17.3. The van der Waals surface area contributed by atoms with Crippen molar-refractivity contribution in [2.45, 2.75) is 19.6 Å². The molecular weight excluding hydrogens is 316 g/mol. The molecule has 0 radical (unpaired) electrons. The summed E-state index contributed by atoms with van der Waals surface area (Å²) in [5.74, 6) is 3.22. The molecule has 1 N–H and O–H groups in total. The number of benzene rings is 2. The maximum atomic E-state index is 11.5. The first-order valence-electron chi connectivity index (χ1n) is 7.70. The fraction of sp³-hybridized carbons (Fsp3) is 0.158. The third-order valence-electron chi connectivity index (χ3n) is 3.49. The van der Waals surface area contributed by atoms with E-state index in [1.807, 2.05) is 42.5 Å². The zero-order valence-electron chi connectivity index (χ0n) is 13.9. The first-order chi connectivity index (χ1) is 11.3. The Morgan fingerprint density at radius 1 is 1.12 bits per heavy atom. The van der Waals surface area contributed by atoms with Gasteiger partial charge in [0.2, 0.25) is 0 Å². The van der Waals surface area contributed by atoms with Crippen LogP contribution in [0.2, 0.25) is 19.6 Å². The molecule has 2 aromatic carbocycles. The molecule has 5 heteroatoms. The van der Waals surface area contributed by atoms with Gasteiger partial charge in [0.25, 0.3) is 0 Å². The van der Waals surface area contributed by atoms with E-state index >= 15 is 0 Å². The smallest absolute Gasteiger partial charge is 0.432 e. The van der Waals surface area contributed by atoms with Crippen LogP contribution < -0.4 is 0 Å². The van der Waals surface area contributed by atoms with Gasteiger partial charge in [0, 0.05) is 16.5 Å². The number of fused-ring (bicyclic) bond motifs is 1. The molecule has 0 amide bonds. The van der Waals surface area contributed by atoms with Gasteiger partial charge in [0.1, 0.15) is 13.8 Å². The quantitative estimate of drug-likeness (QED) is 0.528. The molecule has 0 bridgehead atoms. The highest BCUT2D eigenvalue weighted by atomic mass is 28.3. The van der Waals surface area contributed by atoms with Gasteiger partial charge in [0.15, 0.2) is 0 Å². The highest BCUT2D eigenvalue weighted by Crippen LogP contribution is 2.28. The number of nitrogens with zero attached hydrogens (tertiary/aromatic N) is 2. The Labute approximate surface area is 141 Å². The third kappa shape index (κ3) is 3.24. The molecule has 3 aromatic rings. The fourth-order valence-electron chi connectivity index (χ4n) is 2.41. The maximum absolute atomic E-state index is 11.5. The monoisotopic (exact) mass is 334 g/mol. The second kappa shape index (κ2) is 5.98. The molecular formula is C19H18N2O2Si. The molecule has 0 spiro atoms. The van der Waals surface area contributed by atoms with E-state index in [1.54, 1.807) is 6.07 Å². The minimum atomic E-state index is -1.47. The van der Waals surface area contributed by atoms with Gasteiger partial charge in [-0.3, -0.25) is 0 Å². The molecule has 120 valence electrons. The van der Waals surface area contributed by atoms with E-state index in [4.69, 9.17) is 0 Å². The highest BCUT2D eigenvalue weighted by molar-refractivity contribution is 6.83. The normalized spacial score (nSPS) is 11.1. The summed E-state index contributed by atoms with van der Waals surface area (Å²) in [4.78, 5) is 11.5. The Morgan fingerprint density at radius 2 is 1.83 bits per heavy atom. The molecule has 0 aliphatic carbocycles. The first kappa shape index (κ1) is 16.0. The van der Waals surface area contributed by atoms with Crippen LogP contribution in [-0.4, -0.2) is 29.1 Å². The molecule has 0 aliphatic heterocycles. The Hall–Kier alpha value is -2.84. The summed E-state index contributed by atoms with van der Waals surface area (Å²) in [6.45, 7) is 6.57. The molecule has 1 heterocycles. The summed E-state index contributed by atoms with van der Waals surface area (Å²) < 4.78 is 1.02. The molecule has 0 fully saturated rings. The molecule has 0 unspecified atom stereocenters. The molecule has 24 heavy (non-hydrogen) atoms. The maximum Gasteiger partial charge on any atom is 0.432 e. The van der Waals surface area contributed by atoms with E-state index in [-0.39, 0.29) is 0 Å². The van der Waals surface area contributed by atoms with E-state index in [1.165, 1.54) is 0 Å². The van der Waals surface area contributed by atoms with Crippen molar-refractivity contribution in [1.82, 2.24) is 9.78 Å². The fourth-order valence-corrected chi connectivity index (χ4v) is 2.93. The molecule has 4 nitrogen and oxygen atoms in total. The number of aromatic nitrogens is 2. The average molecular weight is 334 g/mol. The van der Waals surface area contributed by atoms with Gasteiger partial charge in [-0.2, -0.15) is 9.78 Å². The number of hydrogen-bond acceptors (Lipinski definition) is 2. The minimum Gasteiger partial charge on any atom is -0.463 e. The van der Waals surface area contributed by atoms with Crippen molar-refractivity contribution in [2.75, 3.05) is 0 Å². The van der Waals surface area contributed by atoms with Crippen LogP contribution in [0.3, 0.4) is 0 Å². The van der Waals surface area contributed by atoms with Crippen LogP contribution in [-0.2, 0) is 0 Å². The Kier molecular flexibility index (Phi) is 4.00. The van der Waals surface area contributed by atoms with E-state index in [0.717, 1.165) is 21.2 Å². The largest absolute Gasteiger partial charge is 0.463 e. The van der Waals surface area contributed by atoms with Crippen LogP contribution >= 0.6 is 0 Å². The van der Waals surface area contributed by atoms with Gasteiger partial charge in [-0.1, -0.05) is 55.9 Å². The van der Waals surface area contributed by atoms with Crippen LogP contribution in [0.25, 0.3) is 22.2 Å². The first-order valence-corrected chi connectivity index (χ1v) is 11.2. The van der Waals surface area contributed by atoms with Gasteiger partial charge in [-0.25, -0.2) is 4.79 Å². The van der Waals surface area contributed by atoms with E-state index in [0.29, 0.717) is 11.2 Å². The third-order valence-corrected chi connectivity index (χ3v) is 4.37. The zero-order valence-corrected chi connectivity index (χ0v) is 14.9. The lowest BCUT2D eigenvalue weighted by molar-refractivity contribution is 0.194. The van der Waals surface area contributed by atoms with Gasteiger partial charge in [-0.15, -0.1) is 5.54 Å². The Morgan fingerprint density at radius 3 is 2.46 bits per heavy atom. The van der Waals surface area contributed by atoms with Crippen LogP contribution in [0.1, 0.15) is 5.56 Å². The Bertz CT molecular complexity index is 973. The average Bonchev–Trinajstić information content (AvgIpc) is 2.92. The van der Waals surface area contributed by atoms with Crippen molar-refractivity contribution in [2.24, 2.45) is 0 Å². The van der Waals surface area contributed by atoms with E-state index in [2.05, 4.69) is 36.2 Å². The van der Waals surface area contributed by atoms with Crippen LogP contribution in [0.4, 0.5) is 4.79 Å². The SMILES string of the molecule is C[Si](C)(C)C#Cc1ccc2c(c1)c(-c1ccccc1)nn2C(=O)O. The van der Waals surface area contributed by atoms with Gasteiger partial charge in [-0.05, 0) is 18.2 Å². The molecule has 0 saturated carbocycles. The summed E-state index contributed by atoms with van der Waals surface area (Å²) in [7, 11) is -1.47. The molecule has 0 atom stereocenters. The van der Waals surface area contributed by atoms with Crippen molar-refractivity contribution in [3.63, 3.8) is 0 Å². The number of carbonyl (C=O) groups is 1. The lowest BCUT2D eigenvalue weighted by Crippen LogP contribution is -2.16. The molecule has 3 rings (SSSR count). The van der Waals surface area contributed by atoms with Crippen LogP contribution in [0.5, 0.6) is 0 Å². The second-order valence-corrected chi connectivity index (χ2v) is 11.4. The van der Waals surface area contributed by atoms with Crippen LogP contribution in [0, 0.1) is 11.5 Å². The van der Waals surface area contributed by atoms with E-state index < -0.39 is 14.2 Å². The van der Waals surface area contributed by atoms with Gasteiger partial charge >= 0.3 is 6.09 Å². The van der Waals surface area contributed by atoms with Crippen molar-refractivity contribution in [3.8, 4) is 22.7 Å². The van der Waals surface area contributed by atoms with Crippen molar-refractivity contribution in [1.29, 1.82) is 0 Å². The standard InChI is InChI=1S/C19H18N2O2Si/c1-24(2,3)12-11-14-9-10-17-16(13-14)18(20-21(17)19(22)23)15-7-5-4-6-8-15/h4-10,13H,1-3H3,(H,22,23). The lowest BCUT2D eigenvalue weighted by atomic mass is 10.1. The predicted octanol–water partition coefficient (Wildman–Crippen LogP) is 4.46. The van der Waals surface area contributed by atoms with Crippen molar-refractivity contribution >= 4 is 25.1 Å². The summed E-state index contributed by atoms with van der Waals surface area (Å²) in [6.07, 6.45) is -1.09. The summed E-state index contributed by atoms with van der Waals surface area (Å²) >= 11 is 0. The number of hydrogen-bond donors (Lipinski definition) is 1. The summed E-state index contributed by atoms with van der Waals surface area (Å²) in [5, 5.41) is 14.5. The van der Waals surface area contributed by atoms with Crippen molar-refractivity contribution < 1.29 is 9.90 Å². The van der Waals surface area contributed by atoms with Gasteiger partial charge < -0.3 is 5.11 Å². The Balaban J connectivity index is 2.23. The topological polar surface area (TPSA) is 55.1 Å². The molecule has 1 aromatic heterocycles. The minimum absolute atomic E-state index is 0.569. The number of carboxylic acid groups (broad SMARTS) is 1. The number of rotatable bonds is 1. The van der Waals surface area contributed by atoms with E-state index in [9.17, 15) is 9.90 Å². The highest BCUT2D eigenvalue weighted by Gasteiger charge is 2.16.